The third kappa shape index (κ3) is 5.27. The average Bonchev–Trinajstić information content (AvgIpc) is 3.65. The van der Waals surface area contributed by atoms with Crippen LogP contribution in [0.3, 0.4) is 0 Å². The molecule has 5 rings (SSSR count). The quantitative estimate of drug-likeness (QED) is 0.419. The van der Waals surface area contributed by atoms with E-state index in [0.29, 0.717) is 48.7 Å². The lowest BCUT2D eigenvalue weighted by molar-refractivity contribution is -0.134. The second-order valence-electron chi connectivity index (χ2n) is 9.94. The van der Waals surface area contributed by atoms with Crippen molar-refractivity contribution in [3.63, 3.8) is 0 Å². The molecule has 0 saturated heterocycles. The van der Waals surface area contributed by atoms with Crippen molar-refractivity contribution < 1.29 is 19.1 Å². The molecule has 3 aromatic rings. The molecule has 37 heavy (non-hydrogen) atoms. The largest absolute Gasteiger partial charge is 0.396 e. The van der Waals surface area contributed by atoms with Gasteiger partial charge in [0.15, 0.2) is 0 Å². The molecule has 192 valence electrons. The highest BCUT2D eigenvalue weighted by atomic mass is 19.1. The maximum atomic E-state index is 14.6. The molecule has 0 bridgehead atoms. The molecular formula is C30H32FN3O3. The fourth-order valence-electron chi connectivity index (χ4n) is 5.13. The summed E-state index contributed by atoms with van der Waals surface area (Å²) in [4.78, 5) is 32.8. The molecule has 2 N–H and O–H groups in total. The van der Waals surface area contributed by atoms with Crippen LogP contribution in [0.2, 0.25) is 0 Å². The zero-order valence-corrected chi connectivity index (χ0v) is 21.0. The molecule has 6 nitrogen and oxygen atoms in total. The minimum Gasteiger partial charge on any atom is -0.396 e. The fourth-order valence-corrected chi connectivity index (χ4v) is 5.13. The molecular weight excluding hydrogens is 469 g/mol. The Morgan fingerprint density at radius 1 is 1.11 bits per heavy atom. The summed E-state index contributed by atoms with van der Waals surface area (Å²) in [5, 5.41) is 12.8. The average molecular weight is 502 g/mol. The molecule has 0 spiro atoms. The van der Waals surface area contributed by atoms with E-state index in [2.05, 4.69) is 5.32 Å². The number of nitrogens with zero attached hydrogens (tertiary/aromatic N) is 2. The highest BCUT2D eigenvalue weighted by molar-refractivity contribution is 5.94. The third-order valence-corrected chi connectivity index (χ3v) is 7.17. The van der Waals surface area contributed by atoms with Gasteiger partial charge < -0.3 is 15.3 Å². The van der Waals surface area contributed by atoms with Crippen molar-refractivity contribution in [2.45, 2.75) is 51.6 Å². The van der Waals surface area contributed by atoms with E-state index in [0.717, 1.165) is 36.0 Å². The first-order valence-corrected chi connectivity index (χ1v) is 13.1. The summed E-state index contributed by atoms with van der Waals surface area (Å²) in [5.41, 5.74) is 4.52. The van der Waals surface area contributed by atoms with Crippen LogP contribution in [-0.2, 0) is 11.3 Å². The fraction of sp³-hybridized carbons (Fsp3) is 0.367. The number of rotatable bonds is 9. The summed E-state index contributed by atoms with van der Waals surface area (Å²) >= 11 is 0. The number of pyridine rings is 1. The van der Waals surface area contributed by atoms with Gasteiger partial charge in [-0.15, -0.1) is 0 Å². The summed E-state index contributed by atoms with van der Waals surface area (Å²) in [6.45, 7) is 2.82. The summed E-state index contributed by atoms with van der Waals surface area (Å²) in [6, 6.07) is 15.5. The molecule has 0 unspecified atom stereocenters. The van der Waals surface area contributed by atoms with Gasteiger partial charge in [0.05, 0.1) is 11.7 Å². The molecule has 1 fully saturated rings. The number of aliphatic hydroxyl groups is 1. The van der Waals surface area contributed by atoms with E-state index in [4.69, 9.17) is 4.98 Å². The number of hydrogen-bond acceptors (Lipinski definition) is 4. The molecule has 1 saturated carbocycles. The maximum absolute atomic E-state index is 14.6. The Hall–Kier alpha value is -3.58. The van der Waals surface area contributed by atoms with Crippen LogP contribution in [0.15, 0.2) is 54.6 Å². The van der Waals surface area contributed by atoms with E-state index in [1.165, 1.54) is 6.07 Å². The van der Waals surface area contributed by atoms with Gasteiger partial charge in [-0.1, -0.05) is 43.3 Å². The Bertz CT molecular complexity index is 1320. The van der Waals surface area contributed by atoms with Gasteiger partial charge >= 0.3 is 0 Å². The SMILES string of the molecule is CCCNC(=O)c1cc2c(c(-c3cccc(-c4ccccc4F)c3)n1)[C@H](CCO)N(C(=O)CC1CC1)C2. The van der Waals surface area contributed by atoms with Crippen LogP contribution in [0.1, 0.15) is 66.7 Å². The van der Waals surface area contributed by atoms with Gasteiger partial charge in [-0.2, -0.15) is 0 Å². The molecule has 0 radical (unpaired) electrons. The van der Waals surface area contributed by atoms with E-state index in [1.54, 1.807) is 24.3 Å². The van der Waals surface area contributed by atoms with Crippen molar-refractivity contribution in [1.82, 2.24) is 15.2 Å². The molecule has 2 aliphatic rings. The van der Waals surface area contributed by atoms with Crippen molar-refractivity contribution in [3.05, 3.63) is 77.2 Å². The first-order valence-electron chi connectivity index (χ1n) is 13.1. The molecule has 2 heterocycles. The highest BCUT2D eigenvalue weighted by Crippen LogP contribution is 2.44. The third-order valence-electron chi connectivity index (χ3n) is 7.17. The molecule has 2 aromatic carbocycles. The number of benzene rings is 2. The summed E-state index contributed by atoms with van der Waals surface area (Å²) < 4.78 is 14.6. The number of nitrogens with one attached hydrogen (secondary N) is 1. The van der Waals surface area contributed by atoms with Gasteiger partial charge in [-0.25, -0.2) is 9.37 Å². The number of carbonyl (C=O) groups excluding carboxylic acids is 2. The Balaban J connectivity index is 1.62. The zero-order valence-electron chi connectivity index (χ0n) is 21.0. The van der Waals surface area contributed by atoms with Crippen molar-refractivity contribution in [2.75, 3.05) is 13.2 Å². The van der Waals surface area contributed by atoms with Gasteiger partial charge in [0.1, 0.15) is 11.5 Å². The van der Waals surface area contributed by atoms with Crippen LogP contribution in [0.25, 0.3) is 22.4 Å². The smallest absolute Gasteiger partial charge is 0.269 e. The van der Waals surface area contributed by atoms with Gasteiger partial charge in [0.25, 0.3) is 5.91 Å². The number of halogens is 1. The van der Waals surface area contributed by atoms with Crippen molar-refractivity contribution in [2.24, 2.45) is 5.92 Å². The number of aromatic nitrogens is 1. The molecule has 1 atom stereocenters. The van der Waals surface area contributed by atoms with Crippen molar-refractivity contribution in [3.8, 4) is 22.4 Å². The summed E-state index contributed by atoms with van der Waals surface area (Å²) in [7, 11) is 0. The minimum absolute atomic E-state index is 0.0696. The normalized spacial score (nSPS) is 16.5. The minimum atomic E-state index is -0.335. The lowest BCUT2D eigenvalue weighted by Crippen LogP contribution is -2.30. The van der Waals surface area contributed by atoms with E-state index >= 15 is 0 Å². The maximum Gasteiger partial charge on any atom is 0.269 e. The Labute approximate surface area is 216 Å². The lowest BCUT2D eigenvalue weighted by Gasteiger charge is -2.26. The standard InChI is InChI=1S/C30H32FN3O3/c1-2-13-32-30(37)25-17-22-18-34(27(36)15-19-10-11-19)26(12-14-35)28(22)29(33-25)21-7-5-6-20(16-21)23-8-3-4-9-24(23)31/h3-9,16-17,19,26,35H,2,10-15,18H2,1H3,(H,32,37)/t26-/m0/s1. The second-order valence-corrected chi connectivity index (χ2v) is 9.94. The Kier molecular flexibility index (Phi) is 7.33. The monoisotopic (exact) mass is 501 g/mol. The van der Waals surface area contributed by atoms with Crippen LogP contribution < -0.4 is 5.32 Å². The second kappa shape index (κ2) is 10.8. The first kappa shape index (κ1) is 25.1. The van der Waals surface area contributed by atoms with Gasteiger partial charge in [-0.05, 0) is 60.9 Å². The number of fused-ring (bicyclic) bond motifs is 1. The van der Waals surface area contributed by atoms with Crippen LogP contribution in [-0.4, -0.2) is 40.0 Å². The molecule has 1 aliphatic heterocycles. The van der Waals surface area contributed by atoms with Gasteiger partial charge in [-0.3, -0.25) is 9.59 Å². The van der Waals surface area contributed by atoms with Crippen molar-refractivity contribution >= 4 is 11.8 Å². The van der Waals surface area contributed by atoms with Crippen LogP contribution >= 0.6 is 0 Å². The van der Waals surface area contributed by atoms with E-state index in [9.17, 15) is 19.1 Å². The zero-order chi connectivity index (χ0) is 25.9. The molecule has 1 aliphatic carbocycles. The number of carbonyl (C=O) groups is 2. The van der Waals surface area contributed by atoms with E-state index in [-0.39, 0.29) is 36.0 Å². The van der Waals surface area contributed by atoms with E-state index < -0.39 is 0 Å². The Morgan fingerprint density at radius 3 is 2.62 bits per heavy atom. The van der Waals surface area contributed by atoms with Gasteiger partial charge in [0, 0.05) is 42.8 Å². The van der Waals surface area contributed by atoms with Crippen molar-refractivity contribution in [1.29, 1.82) is 0 Å². The number of aliphatic hydroxyl groups excluding tert-OH is 1. The highest BCUT2D eigenvalue weighted by Gasteiger charge is 2.38. The molecule has 2 amide bonds. The summed E-state index contributed by atoms with van der Waals surface area (Å²) in [5.74, 6) is -0.0743. The van der Waals surface area contributed by atoms with Crippen LogP contribution in [0, 0.1) is 11.7 Å². The molecule has 7 heteroatoms. The number of hydrogen-bond donors (Lipinski definition) is 2. The van der Waals surface area contributed by atoms with Crippen LogP contribution in [0.5, 0.6) is 0 Å². The van der Waals surface area contributed by atoms with Crippen LogP contribution in [0.4, 0.5) is 4.39 Å². The van der Waals surface area contributed by atoms with E-state index in [1.807, 2.05) is 36.1 Å². The topological polar surface area (TPSA) is 82.5 Å². The van der Waals surface area contributed by atoms with Gasteiger partial charge in [0.2, 0.25) is 5.91 Å². The first-order chi connectivity index (χ1) is 18.0. The summed E-state index contributed by atoms with van der Waals surface area (Å²) in [6.07, 6.45) is 3.84. The predicted molar refractivity (Wildman–Crippen MR) is 140 cm³/mol. The molecule has 1 aromatic heterocycles. The number of amides is 2. The lowest BCUT2D eigenvalue weighted by atomic mass is 9.93. The Morgan fingerprint density at radius 2 is 1.89 bits per heavy atom. The predicted octanol–water partition coefficient (Wildman–Crippen LogP) is 5.26.